The van der Waals surface area contributed by atoms with Crippen LogP contribution in [-0.2, 0) is 11.2 Å². The maximum atomic E-state index is 5.45. The second kappa shape index (κ2) is 6.76. The Morgan fingerprint density at radius 3 is 2.78 bits per heavy atom. The average Bonchev–Trinajstić information content (AvgIpc) is 2.42. The Hall–Kier alpha value is -1.06. The molecule has 0 bridgehead atoms. The molecule has 0 radical (unpaired) electrons. The quantitative estimate of drug-likeness (QED) is 0.868. The van der Waals surface area contributed by atoms with Crippen molar-refractivity contribution in [2.75, 3.05) is 26.9 Å². The normalized spacial score (nSPS) is 23.9. The van der Waals surface area contributed by atoms with Gasteiger partial charge < -0.3 is 14.8 Å². The van der Waals surface area contributed by atoms with Gasteiger partial charge in [0.25, 0.3) is 0 Å². The predicted molar refractivity (Wildman–Crippen MR) is 73.1 cm³/mol. The van der Waals surface area contributed by atoms with Gasteiger partial charge in [-0.3, -0.25) is 0 Å². The lowest BCUT2D eigenvalue weighted by Gasteiger charge is -2.29. The van der Waals surface area contributed by atoms with E-state index >= 15 is 0 Å². The Morgan fingerprint density at radius 2 is 2.11 bits per heavy atom. The van der Waals surface area contributed by atoms with Gasteiger partial charge in [-0.25, -0.2) is 0 Å². The molecule has 0 spiro atoms. The summed E-state index contributed by atoms with van der Waals surface area (Å²) >= 11 is 0. The molecule has 0 aliphatic carbocycles. The molecule has 2 rings (SSSR count). The van der Waals surface area contributed by atoms with Crippen LogP contribution in [0.5, 0.6) is 5.75 Å². The van der Waals surface area contributed by atoms with Gasteiger partial charge in [-0.15, -0.1) is 0 Å². The van der Waals surface area contributed by atoms with Crippen LogP contribution in [0.3, 0.4) is 0 Å². The Balaban J connectivity index is 1.73. The fourth-order valence-corrected chi connectivity index (χ4v) is 2.38. The van der Waals surface area contributed by atoms with E-state index in [0.717, 1.165) is 38.3 Å². The van der Waals surface area contributed by atoms with Gasteiger partial charge in [-0.05, 0) is 43.0 Å². The number of benzene rings is 1. The van der Waals surface area contributed by atoms with Crippen LogP contribution < -0.4 is 10.1 Å². The summed E-state index contributed by atoms with van der Waals surface area (Å²) in [5.41, 5.74) is 1.35. The van der Waals surface area contributed by atoms with Crippen molar-refractivity contribution >= 4 is 0 Å². The molecule has 2 unspecified atom stereocenters. The zero-order valence-electron chi connectivity index (χ0n) is 11.3. The van der Waals surface area contributed by atoms with Crippen molar-refractivity contribution in [2.24, 2.45) is 5.92 Å². The summed E-state index contributed by atoms with van der Waals surface area (Å²) in [5, 5.41) is 3.64. The summed E-state index contributed by atoms with van der Waals surface area (Å²) in [4.78, 5) is 0. The Labute approximate surface area is 109 Å². The Kier molecular flexibility index (Phi) is 5.02. The van der Waals surface area contributed by atoms with Gasteiger partial charge in [-0.2, -0.15) is 0 Å². The van der Waals surface area contributed by atoms with Crippen LogP contribution in [0.25, 0.3) is 0 Å². The van der Waals surface area contributed by atoms with Crippen LogP contribution >= 0.6 is 0 Å². The van der Waals surface area contributed by atoms with E-state index in [9.17, 15) is 0 Å². The summed E-state index contributed by atoms with van der Waals surface area (Å²) in [7, 11) is 1.70. The highest BCUT2D eigenvalue weighted by atomic mass is 16.5. The van der Waals surface area contributed by atoms with E-state index in [2.05, 4.69) is 24.4 Å². The van der Waals surface area contributed by atoms with E-state index in [-0.39, 0.29) is 0 Å². The number of hydrogen-bond donors (Lipinski definition) is 1. The summed E-state index contributed by atoms with van der Waals surface area (Å²) in [6.45, 7) is 5.07. The molecule has 100 valence electrons. The van der Waals surface area contributed by atoms with E-state index < -0.39 is 0 Å². The van der Waals surface area contributed by atoms with Gasteiger partial charge in [0.1, 0.15) is 5.75 Å². The predicted octanol–water partition coefficient (Wildman–Crippen LogP) is 2.25. The fourth-order valence-electron chi connectivity index (χ4n) is 2.38. The molecule has 18 heavy (non-hydrogen) atoms. The maximum absolute atomic E-state index is 5.45. The van der Waals surface area contributed by atoms with Crippen LogP contribution in [0.1, 0.15) is 18.9 Å². The first-order valence-electron chi connectivity index (χ1n) is 6.73. The first-order chi connectivity index (χ1) is 8.79. The molecule has 0 aromatic heterocycles. The molecule has 2 atom stereocenters. The van der Waals surface area contributed by atoms with Crippen LogP contribution in [0.4, 0.5) is 0 Å². The molecule has 0 saturated carbocycles. The van der Waals surface area contributed by atoms with Crippen molar-refractivity contribution in [1.29, 1.82) is 0 Å². The third-order valence-electron chi connectivity index (χ3n) is 3.62. The lowest BCUT2D eigenvalue weighted by molar-refractivity contribution is 0.0393. The number of hydrogen-bond acceptors (Lipinski definition) is 3. The van der Waals surface area contributed by atoms with Crippen LogP contribution in [0.2, 0.25) is 0 Å². The molecule has 1 aliphatic heterocycles. The van der Waals surface area contributed by atoms with Crippen LogP contribution in [0, 0.1) is 5.92 Å². The molecule has 0 amide bonds. The van der Waals surface area contributed by atoms with Crippen molar-refractivity contribution in [3.8, 4) is 5.75 Å². The van der Waals surface area contributed by atoms with E-state index in [1.807, 2.05) is 12.1 Å². The Morgan fingerprint density at radius 1 is 1.33 bits per heavy atom. The summed E-state index contributed by atoms with van der Waals surface area (Å²) in [6, 6.07) is 8.91. The molecule has 1 aromatic rings. The van der Waals surface area contributed by atoms with Crippen molar-refractivity contribution in [1.82, 2.24) is 5.32 Å². The molecule has 1 saturated heterocycles. The largest absolute Gasteiger partial charge is 0.497 e. The topological polar surface area (TPSA) is 30.5 Å². The summed E-state index contributed by atoms with van der Waals surface area (Å²) < 4.78 is 10.6. The zero-order valence-corrected chi connectivity index (χ0v) is 11.3. The second-order valence-corrected chi connectivity index (χ2v) is 5.00. The van der Waals surface area contributed by atoms with Crippen molar-refractivity contribution in [3.05, 3.63) is 29.8 Å². The Bertz CT molecular complexity index is 350. The average molecular weight is 249 g/mol. The molecule has 1 heterocycles. The highest BCUT2D eigenvalue weighted by Crippen LogP contribution is 2.14. The van der Waals surface area contributed by atoms with E-state index in [1.54, 1.807) is 7.11 Å². The minimum Gasteiger partial charge on any atom is -0.497 e. The van der Waals surface area contributed by atoms with Crippen molar-refractivity contribution < 1.29 is 9.47 Å². The highest BCUT2D eigenvalue weighted by molar-refractivity contribution is 5.27. The van der Waals surface area contributed by atoms with Crippen LogP contribution in [0.15, 0.2) is 24.3 Å². The number of ether oxygens (including phenoxy) is 2. The van der Waals surface area contributed by atoms with E-state index in [0.29, 0.717) is 12.0 Å². The van der Waals surface area contributed by atoms with Crippen LogP contribution in [-0.4, -0.2) is 32.9 Å². The molecule has 1 aromatic carbocycles. The maximum Gasteiger partial charge on any atom is 0.118 e. The highest BCUT2D eigenvalue weighted by Gasteiger charge is 2.20. The van der Waals surface area contributed by atoms with Gasteiger partial charge in [0.15, 0.2) is 0 Å². The number of rotatable bonds is 5. The standard InChI is InChI=1S/C15H23NO2/c1-12-11-18-10-8-15(12)16-9-7-13-3-5-14(17-2)6-4-13/h3-6,12,15-16H,7-11H2,1-2H3. The lowest BCUT2D eigenvalue weighted by Crippen LogP contribution is -2.42. The zero-order chi connectivity index (χ0) is 12.8. The van der Waals surface area contributed by atoms with Gasteiger partial charge in [-0.1, -0.05) is 19.1 Å². The molecule has 3 nitrogen and oxygen atoms in total. The van der Waals surface area contributed by atoms with Gasteiger partial charge in [0, 0.05) is 12.6 Å². The molecule has 1 fully saturated rings. The first kappa shape index (κ1) is 13.4. The second-order valence-electron chi connectivity index (χ2n) is 5.00. The molecular weight excluding hydrogens is 226 g/mol. The number of nitrogens with one attached hydrogen (secondary N) is 1. The molecule has 1 N–H and O–H groups in total. The smallest absolute Gasteiger partial charge is 0.118 e. The molecule has 3 heteroatoms. The summed E-state index contributed by atoms with van der Waals surface area (Å²) in [6.07, 6.45) is 2.19. The monoisotopic (exact) mass is 249 g/mol. The number of methoxy groups -OCH3 is 1. The van der Waals surface area contributed by atoms with Gasteiger partial charge in [0.05, 0.1) is 13.7 Å². The fraction of sp³-hybridized carbons (Fsp3) is 0.600. The third-order valence-corrected chi connectivity index (χ3v) is 3.62. The van der Waals surface area contributed by atoms with E-state index in [1.165, 1.54) is 5.56 Å². The molecule has 1 aliphatic rings. The molecular formula is C15H23NO2. The SMILES string of the molecule is COc1ccc(CCNC2CCOCC2C)cc1. The minimum absolute atomic E-state index is 0.608. The first-order valence-corrected chi connectivity index (χ1v) is 6.73. The summed E-state index contributed by atoms with van der Waals surface area (Å²) in [5.74, 6) is 1.54. The lowest BCUT2D eigenvalue weighted by atomic mass is 9.97. The van der Waals surface area contributed by atoms with Crippen molar-refractivity contribution in [3.63, 3.8) is 0 Å². The third kappa shape index (κ3) is 3.72. The van der Waals surface area contributed by atoms with Gasteiger partial charge in [0.2, 0.25) is 0 Å². The minimum atomic E-state index is 0.608. The van der Waals surface area contributed by atoms with E-state index in [4.69, 9.17) is 9.47 Å². The van der Waals surface area contributed by atoms with Crippen molar-refractivity contribution in [2.45, 2.75) is 25.8 Å². The van der Waals surface area contributed by atoms with Gasteiger partial charge >= 0.3 is 0 Å².